The van der Waals surface area contributed by atoms with E-state index >= 15 is 0 Å². The predicted molar refractivity (Wildman–Crippen MR) is 97.5 cm³/mol. The van der Waals surface area contributed by atoms with Gasteiger partial charge in [-0.15, -0.1) is 0 Å². The molecule has 0 fully saturated rings. The number of pyridine rings is 1. The van der Waals surface area contributed by atoms with Gasteiger partial charge < -0.3 is 16.4 Å². The highest BCUT2D eigenvalue weighted by molar-refractivity contribution is 6.05. The molecule has 0 bridgehead atoms. The molecule has 0 radical (unpaired) electrons. The van der Waals surface area contributed by atoms with E-state index in [1.165, 1.54) is 24.7 Å². The summed E-state index contributed by atoms with van der Waals surface area (Å²) in [5.41, 5.74) is 4.88. The maximum absolute atomic E-state index is 14.0. The van der Waals surface area contributed by atoms with E-state index in [-0.39, 0.29) is 34.5 Å². The molecule has 2 aromatic heterocycles. The van der Waals surface area contributed by atoms with E-state index in [0.717, 1.165) is 6.07 Å². The molecular weight excluding hydrogens is 392 g/mol. The quantitative estimate of drug-likeness (QED) is 0.542. The molecule has 0 saturated heterocycles. The number of benzene rings is 1. The van der Waals surface area contributed by atoms with E-state index in [4.69, 9.17) is 5.73 Å². The van der Waals surface area contributed by atoms with Gasteiger partial charge in [0.1, 0.15) is 23.2 Å². The van der Waals surface area contributed by atoms with Crippen LogP contribution in [0.5, 0.6) is 0 Å². The van der Waals surface area contributed by atoms with Gasteiger partial charge in [-0.2, -0.15) is 13.2 Å². The normalized spacial score (nSPS) is 12.7. The lowest BCUT2D eigenvalue weighted by Crippen LogP contribution is -2.25. The van der Waals surface area contributed by atoms with Crippen molar-refractivity contribution < 1.29 is 22.4 Å². The average molecular weight is 408 g/mol. The number of fused-ring (bicyclic) bond motifs is 1. The Hall–Kier alpha value is -3.34. The summed E-state index contributed by atoms with van der Waals surface area (Å²) in [5, 5.41) is 5.90. The lowest BCUT2D eigenvalue weighted by atomic mass is 10.0. The Kier molecular flexibility index (Phi) is 5.59. The van der Waals surface area contributed by atoms with Gasteiger partial charge >= 0.3 is 6.18 Å². The van der Waals surface area contributed by atoms with E-state index in [0.29, 0.717) is 6.07 Å². The van der Waals surface area contributed by atoms with Crippen molar-refractivity contribution in [2.45, 2.75) is 12.2 Å². The average Bonchev–Trinajstić information content (AvgIpc) is 2.66. The molecule has 1 atom stereocenters. The maximum atomic E-state index is 14.0. The molecule has 0 aliphatic heterocycles. The number of rotatable bonds is 6. The molecule has 0 saturated carbocycles. The summed E-state index contributed by atoms with van der Waals surface area (Å²) in [5.74, 6) is -1.85. The number of halogens is 4. The Morgan fingerprint density at radius 3 is 2.55 bits per heavy atom. The van der Waals surface area contributed by atoms with Crippen LogP contribution >= 0.6 is 0 Å². The fraction of sp³-hybridized carbons (Fsp3) is 0.222. The standard InChI is InChI=1S/C18H16F4N6O/c1-24-7-13(9-2-3-11(12(19)6-9)18(20,21)22)28-17-15-14(26-8-27-17)10(16(23)29)4-5-25-15/h2-6,8,13,24H,7H2,1H3,(H2,23,29)(H,26,27,28). The van der Waals surface area contributed by atoms with Crippen molar-refractivity contribution >= 4 is 22.8 Å². The summed E-state index contributed by atoms with van der Waals surface area (Å²) >= 11 is 0. The SMILES string of the molecule is CNCC(Nc1ncnc2c(C(N)=O)ccnc12)c1ccc(C(F)(F)F)c(F)c1. The van der Waals surface area contributed by atoms with Crippen molar-refractivity contribution in [3.63, 3.8) is 0 Å². The van der Waals surface area contributed by atoms with Crippen molar-refractivity contribution in [1.82, 2.24) is 20.3 Å². The van der Waals surface area contributed by atoms with Crippen LogP contribution in [0.15, 0.2) is 36.8 Å². The van der Waals surface area contributed by atoms with Gasteiger partial charge in [-0.05, 0) is 30.8 Å². The molecule has 7 nitrogen and oxygen atoms in total. The van der Waals surface area contributed by atoms with Crippen LogP contribution in [-0.4, -0.2) is 34.5 Å². The molecule has 152 valence electrons. The van der Waals surface area contributed by atoms with Gasteiger partial charge in [0.05, 0.1) is 17.2 Å². The first kappa shape index (κ1) is 20.4. The zero-order chi connectivity index (χ0) is 21.2. The number of alkyl halides is 3. The first-order valence-corrected chi connectivity index (χ1v) is 8.39. The highest BCUT2D eigenvalue weighted by Crippen LogP contribution is 2.33. The molecule has 2 heterocycles. The number of carbonyl (C=O) groups excluding carboxylic acids is 1. The number of nitrogens with zero attached hydrogens (tertiary/aromatic N) is 3. The fourth-order valence-corrected chi connectivity index (χ4v) is 2.87. The Labute approximate surface area is 162 Å². The Balaban J connectivity index is 2.01. The van der Waals surface area contributed by atoms with Crippen molar-refractivity contribution in [2.24, 2.45) is 5.73 Å². The third-order valence-corrected chi connectivity index (χ3v) is 4.21. The second-order valence-corrected chi connectivity index (χ2v) is 6.13. The molecular formula is C18H16F4N6O. The van der Waals surface area contributed by atoms with Crippen LogP contribution in [0.3, 0.4) is 0 Å². The number of likely N-dealkylation sites (N-methyl/N-ethyl adjacent to an activating group) is 1. The third-order valence-electron chi connectivity index (χ3n) is 4.21. The number of primary amides is 1. The fourth-order valence-electron chi connectivity index (χ4n) is 2.87. The van der Waals surface area contributed by atoms with Crippen LogP contribution in [0.25, 0.3) is 11.0 Å². The van der Waals surface area contributed by atoms with Gasteiger partial charge in [0.25, 0.3) is 5.91 Å². The zero-order valence-electron chi connectivity index (χ0n) is 15.1. The van der Waals surface area contributed by atoms with E-state index in [9.17, 15) is 22.4 Å². The number of anilines is 1. The minimum Gasteiger partial charge on any atom is -0.366 e. The Morgan fingerprint density at radius 1 is 1.17 bits per heavy atom. The molecule has 3 rings (SSSR count). The van der Waals surface area contributed by atoms with Crippen LogP contribution in [0, 0.1) is 5.82 Å². The van der Waals surface area contributed by atoms with Gasteiger partial charge in [0.2, 0.25) is 0 Å². The van der Waals surface area contributed by atoms with Crippen LogP contribution in [0.4, 0.5) is 23.4 Å². The van der Waals surface area contributed by atoms with Crippen molar-refractivity contribution in [1.29, 1.82) is 0 Å². The van der Waals surface area contributed by atoms with Crippen molar-refractivity contribution in [2.75, 3.05) is 18.9 Å². The topological polar surface area (TPSA) is 106 Å². The lowest BCUT2D eigenvalue weighted by Gasteiger charge is -2.21. The van der Waals surface area contributed by atoms with Gasteiger partial charge in [-0.1, -0.05) is 6.07 Å². The molecule has 0 spiro atoms. The minimum absolute atomic E-state index is 0.145. The first-order chi connectivity index (χ1) is 13.7. The predicted octanol–water partition coefficient (Wildman–Crippen LogP) is 2.65. The molecule has 1 amide bonds. The number of carbonyl (C=O) groups is 1. The van der Waals surface area contributed by atoms with Gasteiger partial charge in [0.15, 0.2) is 5.82 Å². The smallest absolute Gasteiger partial charge is 0.366 e. The molecule has 1 unspecified atom stereocenters. The number of hydrogen-bond acceptors (Lipinski definition) is 6. The third kappa shape index (κ3) is 4.24. The molecule has 0 aliphatic carbocycles. The number of nitrogens with two attached hydrogens (primary N) is 1. The minimum atomic E-state index is -4.79. The number of nitrogens with one attached hydrogen (secondary N) is 2. The number of amides is 1. The van der Waals surface area contributed by atoms with Gasteiger partial charge in [0, 0.05) is 12.7 Å². The second-order valence-electron chi connectivity index (χ2n) is 6.13. The Morgan fingerprint density at radius 2 is 1.93 bits per heavy atom. The molecule has 4 N–H and O–H groups in total. The van der Waals surface area contributed by atoms with Gasteiger partial charge in [-0.25, -0.2) is 14.4 Å². The number of aromatic nitrogens is 3. The highest BCUT2D eigenvalue weighted by atomic mass is 19.4. The Bertz CT molecular complexity index is 1060. The van der Waals surface area contributed by atoms with E-state index in [1.807, 2.05) is 0 Å². The van der Waals surface area contributed by atoms with Gasteiger partial charge in [-0.3, -0.25) is 9.78 Å². The summed E-state index contributed by atoms with van der Waals surface area (Å²) in [7, 11) is 1.64. The first-order valence-electron chi connectivity index (χ1n) is 8.39. The lowest BCUT2D eigenvalue weighted by molar-refractivity contribution is -0.140. The zero-order valence-corrected chi connectivity index (χ0v) is 15.1. The molecule has 29 heavy (non-hydrogen) atoms. The summed E-state index contributed by atoms with van der Waals surface area (Å²) in [4.78, 5) is 23.9. The second kappa shape index (κ2) is 7.95. The summed E-state index contributed by atoms with van der Waals surface area (Å²) in [6.45, 7) is 0.242. The summed E-state index contributed by atoms with van der Waals surface area (Å²) in [6.07, 6.45) is -2.23. The molecule has 3 aromatic rings. The summed E-state index contributed by atoms with van der Waals surface area (Å²) < 4.78 is 52.5. The maximum Gasteiger partial charge on any atom is 0.419 e. The van der Waals surface area contributed by atoms with E-state index in [1.54, 1.807) is 7.05 Å². The van der Waals surface area contributed by atoms with Crippen LogP contribution in [-0.2, 0) is 6.18 Å². The molecule has 1 aromatic carbocycles. The van der Waals surface area contributed by atoms with E-state index < -0.39 is 29.5 Å². The van der Waals surface area contributed by atoms with Crippen LogP contribution < -0.4 is 16.4 Å². The number of hydrogen-bond donors (Lipinski definition) is 3. The highest BCUT2D eigenvalue weighted by Gasteiger charge is 2.34. The van der Waals surface area contributed by atoms with E-state index in [2.05, 4.69) is 25.6 Å². The largest absolute Gasteiger partial charge is 0.419 e. The van der Waals surface area contributed by atoms with Crippen LogP contribution in [0.1, 0.15) is 27.5 Å². The summed E-state index contributed by atoms with van der Waals surface area (Å²) in [6, 6.07) is 3.47. The van der Waals surface area contributed by atoms with Crippen molar-refractivity contribution in [3.8, 4) is 0 Å². The monoisotopic (exact) mass is 408 g/mol. The van der Waals surface area contributed by atoms with Crippen LogP contribution in [0.2, 0.25) is 0 Å². The van der Waals surface area contributed by atoms with Crippen molar-refractivity contribution in [3.05, 3.63) is 59.3 Å². The molecule has 0 aliphatic rings. The molecule has 11 heteroatoms.